The van der Waals surface area contributed by atoms with Gasteiger partial charge in [-0.2, -0.15) is 0 Å². The Hall–Kier alpha value is -0.970. The first-order chi connectivity index (χ1) is 6.34. The summed E-state index contributed by atoms with van der Waals surface area (Å²) in [5.74, 6) is 0.742. The van der Waals surface area contributed by atoms with Crippen molar-refractivity contribution in [2.75, 3.05) is 0 Å². The summed E-state index contributed by atoms with van der Waals surface area (Å²) < 4.78 is 0. The summed E-state index contributed by atoms with van der Waals surface area (Å²) in [6.45, 7) is 8.38. The van der Waals surface area contributed by atoms with Gasteiger partial charge in [-0.1, -0.05) is 27.7 Å². The molecule has 6 heteroatoms. The lowest BCUT2D eigenvalue weighted by Gasteiger charge is -2.27. The van der Waals surface area contributed by atoms with Crippen molar-refractivity contribution in [3.8, 4) is 0 Å². The van der Waals surface area contributed by atoms with Crippen LogP contribution in [0.5, 0.6) is 0 Å². The number of guanidine groups is 2. The second-order valence-electron chi connectivity index (χ2n) is 4.07. The van der Waals surface area contributed by atoms with Gasteiger partial charge in [-0.3, -0.25) is 16.1 Å². The maximum absolute atomic E-state index is 7.49. The van der Waals surface area contributed by atoms with Crippen molar-refractivity contribution in [1.29, 1.82) is 10.8 Å². The van der Waals surface area contributed by atoms with E-state index in [0.717, 1.165) is 0 Å². The van der Waals surface area contributed by atoms with Crippen LogP contribution in [0.4, 0.5) is 0 Å². The Kier molecular flexibility index (Phi) is 8.05. The molecule has 5 nitrogen and oxygen atoms in total. The highest BCUT2D eigenvalue weighted by Gasteiger charge is 2.18. The molecular formula is C9H22ClN5. The number of nitrogens with two attached hydrogens (primary N) is 1. The van der Waals surface area contributed by atoms with Crippen molar-refractivity contribution in [2.45, 2.75) is 33.7 Å². The highest BCUT2D eigenvalue weighted by atomic mass is 35.5. The van der Waals surface area contributed by atoms with E-state index < -0.39 is 0 Å². The first kappa shape index (κ1) is 16.5. The third kappa shape index (κ3) is 7.02. The van der Waals surface area contributed by atoms with E-state index in [9.17, 15) is 0 Å². The Labute approximate surface area is 97.6 Å². The normalized spacial score (nSPS) is 10.1. The van der Waals surface area contributed by atoms with E-state index in [4.69, 9.17) is 16.6 Å². The van der Waals surface area contributed by atoms with Crippen LogP contribution < -0.4 is 16.4 Å². The van der Waals surface area contributed by atoms with Crippen molar-refractivity contribution in [1.82, 2.24) is 10.6 Å². The summed E-state index contributed by atoms with van der Waals surface area (Å²) >= 11 is 0. The Morgan fingerprint density at radius 3 is 1.73 bits per heavy atom. The molecule has 0 amide bonds. The molecule has 0 bridgehead atoms. The van der Waals surface area contributed by atoms with Crippen molar-refractivity contribution in [3.05, 3.63) is 0 Å². The molecule has 0 heterocycles. The molecule has 0 radical (unpaired) electrons. The van der Waals surface area contributed by atoms with Gasteiger partial charge in [0.25, 0.3) is 0 Å². The van der Waals surface area contributed by atoms with Crippen LogP contribution in [0.25, 0.3) is 0 Å². The Morgan fingerprint density at radius 2 is 1.47 bits per heavy atom. The van der Waals surface area contributed by atoms with E-state index in [1.807, 2.05) is 0 Å². The van der Waals surface area contributed by atoms with Gasteiger partial charge in [0.2, 0.25) is 0 Å². The molecule has 0 aliphatic rings. The highest BCUT2D eigenvalue weighted by Crippen LogP contribution is 2.11. The number of halogens is 1. The summed E-state index contributed by atoms with van der Waals surface area (Å²) in [4.78, 5) is 0. The van der Waals surface area contributed by atoms with Crippen LogP contribution in [0.1, 0.15) is 27.7 Å². The molecule has 0 unspecified atom stereocenters. The van der Waals surface area contributed by atoms with Gasteiger partial charge in [-0.05, 0) is 11.8 Å². The van der Waals surface area contributed by atoms with Gasteiger partial charge in [0, 0.05) is 6.04 Å². The van der Waals surface area contributed by atoms with E-state index in [1.54, 1.807) is 0 Å². The number of hydrogen-bond acceptors (Lipinski definition) is 2. The van der Waals surface area contributed by atoms with Crippen molar-refractivity contribution >= 4 is 24.3 Å². The molecule has 0 fully saturated rings. The van der Waals surface area contributed by atoms with Crippen LogP contribution in [0, 0.1) is 22.7 Å². The SMILES string of the molecule is CC(C)C(NC(=N)NC(=N)N)C(C)C.Cl. The lowest BCUT2D eigenvalue weighted by molar-refractivity contribution is 0.352. The third-order valence-electron chi connectivity index (χ3n) is 2.01. The smallest absolute Gasteiger partial charge is 0.195 e. The molecule has 0 aromatic heterocycles. The van der Waals surface area contributed by atoms with E-state index in [2.05, 4.69) is 38.3 Å². The first-order valence-electron chi connectivity index (χ1n) is 4.80. The van der Waals surface area contributed by atoms with Crippen LogP contribution in [0.2, 0.25) is 0 Å². The largest absolute Gasteiger partial charge is 0.370 e. The van der Waals surface area contributed by atoms with Gasteiger partial charge < -0.3 is 11.1 Å². The minimum Gasteiger partial charge on any atom is -0.370 e. The summed E-state index contributed by atoms with van der Waals surface area (Å²) in [7, 11) is 0. The van der Waals surface area contributed by atoms with Crippen molar-refractivity contribution in [2.24, 2.45) is 17.6 Å². The van der Waals surface area contributed by atoms with E-state index in [1.165, 1.54) is 0 Å². The second-order valence-corrected chi connectivity index (χ2v) is 4.07. The zero-order chi connectivity index (χ0) is 11.3. The summed E-state index contributed by atoms with van der Waals surface area (Å²) in [5, 5.41) is 19.9. The minimum absolute atomic E-state index is 0. The monoisotopic (exact) mass is 235 g/mol. The molecule has 0 rings (SSSR count). The zero-order valence-electron chi connectivity index (χ0n) is 9.72. The van der Waals surface area contributed by atoms with E-state index in [0.29, 0.717) is 11.8 Å². The molecule has 0 aromatic rings. The predicted octanol–water partition coefficient (Wildman–Crippen LogP) is 1.10. The molecule has 0 aromatic carbocycles. The Bertz CT molecular complexity index is 207. The van der Waals surface area contributed by atoms with Crippen LogP contribution in [0.15, 0.2) is 0 Å². The molecule has 0 aliphatic carbocycles. The highest BCUT2D eigenvalue weighted by molar-refractivity contribution is 5.94. The Balaban J connectivity index is 0. The molecule has 6 N–H and O–H groups in total. The van der Waals surface area contributed by atoms with Crippen LogP contribution in [-0.4, -0.2) is 18.0 Å². The Morgan fingerprint density at radius 1 is 1.07 bits per heavy atom. The fourth-order valence-electron chi connectivity index (χ4n) is 1.44. The topological polar surface area (TPSA) is 97.8 Å². The summed E-state index contributed by atoms with van der Waals surface area (Å²) in [6, 6.07) is 0.217. The lowest BCUT2D eigenvalue weighted by atomic mass is 9.93. The van der Waals surface area contributed by atoms with Gasteiger partial charge in [0.1, 0.15) is 0 Å². The molecule has 0 atom stereocenters. The average Bonchev–Trinajstić information content (AvgIpc) is 1.97. The van der Waals surface area contributed by atoms with Crippen LogP contribution in [0.3, 0.4) is 0 Å². The zero-order valence-corrected chi connectivity index (χ0v) is 10.5. The van der Waals surface area contributed by atoms with Gasteiger partial charge in [-0.15, -0.1) is 12.4 Å². The van der Waals surface area contributed by atoms with Crippen molar-refractivity contribution < 1.29 is 0 Å². The molecule has 0 saturated heterocycles. The van der Waals surface area contributed by atoms with E-state index >= 15 is 0 Å². The molecule has 0 saturated carbocycles. The molecule has 0 spiro atoms. The fourth-order valence-corrected chi connectivity index (χ4v) is 1.44. The van der Waals surface area contributed by atoms with Gasteiger partial charge in [0.05, 0.1) is 0 Å². The number of rotatable bonds is 3. The van der Waals surface area contributed by atoms with Crippen LogP contribution >= 0.6 is 12.4 Å². The molecule has 0 aliphatic heterocycles. The maximum Gasteiger partial charge on any atom is 0.195 e. The third-order valence-corrected chi connectivity index (χ3v) is 2.01. The van der Waals surface area contributed by atoms with Gasteiger partial charge in [0.15, 0.2) is 11.9 Å². The van der Waals surface area contributed by atoms with Gasteiger partial charge >= 0.3 is 0 Å². The summed E-state index contributed by atoms with van der Waals surface area (Å²) in [5.41, 5.74) is 5.11. The fraction of sp³-hybridized carbons (Fsp3) is 0.778. The number of nitrogens with one attached hydrogen (secondary N) is 4. The molecule has 90 valence electrons. The minimum atomic E-state index is -0.214. The number of hydrogen-bond donors (Lipinski definition) is 5. The van der Waals surface area contributed by atoms with Crippen molar-refractivity contribution in [3.63, 3.8) is 0 Å². The average molecular weight is 236 g/mol. The van der Waals surface area contributed by atoms with E-state index in [-0.39, 0.29) is 30.4 Å². The quantitative estimate of drug-likeness (QED) is 0.374. The van der Waals surface area contributed by atoms with Crippen LogP contribution in [-0.2, 0) is 0 Å². The predicted molar refractivity (Wildman–Crippen MR) is 66.6 cm³/mol. The van der Waals surface area contributed by atoms with Gasteiger partial charge in [-0.25, -0.2) is 0 Å². The second kappa shape index (κ2) is 7.34. The lowest BCUT2D eigenvalue weighted by Crippen LogP contribution is -2.50. The summed E-state index contributed by atoms with van der Waals surface area (Å²) in [6.07, 6.45) is 0. The first-order valence-corrected chi connectivity index (χ1v) is 4.80. The maximum atomic E-state index is 7.49. The molecule has 15 heavy (non-hydrogen) atoms. The molecular weight excluding hydrogens is 214 g/mol. The standard InChI is InChI=1S/C9H21N5.ClH/c1-5(2)7(6(3)4)13-9(12)14-8(10)11;/h5-7H,1-4H3,(H6,10,11,12,13,14);1H.